The van der Waals surface area contributed by atoms with Crippen LogP contribution in [0.4, 0.5) is 13.2 Å². The molecule has 1 N–H and O–H groups in total. The number of alkyl halides is 3. The van der Waals surface area contributed by atoms with Crippen molar-refractivity contribution in [2.75, 3.05) is 13.1 Å². The van der Waals surface area contributed by atoms with Crippen molar-refractivity contribution in [2.45, 2.75) is 38.0 Å². The zero-order valence-electron chi connectivity index (χ0n) is 11.2. The van der Waals surface area contributed by atoms with Gasteiger partial charge in [0.25, 0.3) is 0 Å². The van der Waals surface area contributed by atoms with E-state index in [1.54, 1.807) is 12.1 Å². The number of ether oxygens (including phenoxy) is 1. The number of hydrogen-bond acceptors (Lipinski definition) is 2. The summed E-state index contributed by atoms with van der Waals surface area (Å²) >= 11 is 0. The molecule has 0 spiro atoms. The van der Waals surface area contributed by atoms with E-state index >= 15 is 0 Å². The van der Waals surface area contributed by atoms with E-state index in [-0.39, 0.29) is 5.75 Å². The molecule has 0 bridgehead atoms. The zero-order chi connectivity index (χ0) is 14.2. The lowest BCUT2D eigenvalue weighted by Crippen LogP contribution is -2.30. The highest BCUT2D eigenvalue weighted by Gasteiger charge is 2.34. The van der Waals surface area contributed by atoms with E-state index in [4.69, 9.17) is 0 Å². The van der Waals surface area contributed by atoms with Gasteiger partial charge in [-0.05, 0) is 73.9 Å². The Balaban J connectivity index is 1.81. The van der Waals surface area contributed by atoms with Gasteiger partial charge in [0, 0.05) is 0 Å². The molecule has 0 saturated carbocycles. The van der Waals surface area contributed by atoms with Crippen molar-refractivity contribution in [1.29, 1.82) is 0 Å². The van der Waals surface area contributed by atoms with Gasteiger partial charge >= 0.3 is 6.36 Å². The Hall–Kier alpha value is -1.23. The van der Waals surface area contributed by atoms with Crippen molar-refractivity contribution in [1.82, 2.24) is 5.32 Å². The van der Waals surface area contributed by atoms with Gasteiger partial charge in [-0.25, -0.2) is 0 Å². The van der Waals surface area contributed by atoms with Crippen molar-refractivity contribution in [3.05, 3.63) is 29.3 Å². The lowest BCUT2D eigenvalue weighted by molar-refractivity contribution is -0.274. The lowest BCUT2D eigenvalue weighted by Gasteiger charge is -2.28. The molecule has 1 aliphatic carbocycles. The molecule has 5 heteroatoms. The summed E-state index contributed by atoms with van der Waals surface area (Å²) in [7, 11) is 0. The maximum Gasteiger partial charge on any atom is 0.573 e. The molecular weight excluding hydrogens is 267 g/mol. The quantitative estimate of drug-likeness (QED) is 0.896. The van der Waals surface area contributed by atoms with Gasteiger partial charge in [-0.1, -0.05) is 6.07 Å². The van der Waals surface area contributed by atoms with Crippen LogP contribution in [-0.2, 0) is 6.42 Å². The summed E-state index contributed by atoms with van der Waals surface area (Å²) in [6.45, 7) is 2.02. The normalized spacial score (nSPS) is 23.6. The van der Waals surface area contributed by atoms with Crippen LogP contribution in [0.15, 0.2) is 18.2 Å². The third-order valence-electron chi connectivity index (χ3n) is 4.43. The predicted molar refractivity (Wildman–Crippen MR) is 69.8 cm³/mol. The van der Waals surface area contributed by atoms with E-state index in [1.165, 1.54) is 11.6 Å². The van der Waals surface area contributed by atoms with Crippen LogP contribution in [0.2, 0.25) is 0 Å². The minimum atomic E-state index is -4.61. The van der Waals surface area contributed by atoms with Gasteiger partial charge in [0.05, 0.1) is 0 Å². The van der Waals surface area contributed by atoms with Gasteiger partial charge in [0.1, 0.15) is 5.75 Å². The molecule has 1 atom stereocenters. The number of piperidine rings is 1. The fraction of sp³-hybridized carbons (Fsp3) is 0.600. The average molecular weight is 285 g/mol. The fourth-order valence-corrected chi connectivity index (χ4v) is 3.55. The first kappa shape index (κ1) is 13.7. The molecule has 2 nitrogen and oxygen atoms in total. The van der Waals surface area contributed by atoms with Crippen molar-refractivity contribution >= 4 is 0 Å². The molecule has 0 amide bonds. The van der Waals surface area contributed by atoms with Gasteiger partial charge in [0.15, 0.2) is 0 Å². The summed E-state index contributed by atoms with van der Waals surface area (Å²) < 4.78 is 41.0. The van der Waals surface area contributed by atoms with Crippen molar-refractivity contribution < 1.29 is 17.9 Å². The van der Waals surface area contributed by atoms with E-state index in [0.717, 1.165) is 44.3 Å². The van der Waals surface area contributed by atoms with Crippen LogP contribution >= 0.6 is 0 Å². The molecule has 20 heavy (non-hydrogen) atoms. The van der Waals surface area contributed by atoms with E-state index in [0.29, 0.717) is 11.8 Å². The second kappa shape index (κ2) is 5.28. The topological polar surface area (TPSA) is 21.3 Å². The van der Waals surface area contributed by atoms with E-state index < -0.39 is 6.36 Å². The van der Waals surface area contributed by atoms with Crippen LogP contribution < -0.4 is 10.1 Å². The number of aryl methyl sites for hydroxylation is 1. The van der Waals surface area contributed by atoms with Crippen LogP contribution in [0.5, 0.6) is 5.75 Å². The van der Waals surface area contributed by atoms with Crippen molar-refractivity contribution in [3.8, 4) is 5.75 Å². The average Bonchev–Trinajstić information content (AvgIpc) is 2.81. The number of fused-ring (bicyclic) bond motifs is 1. The largest absolute Gasteiger partial charge is 0.573 e. The first-order valence-corrected chi connectivity index (χ1v) is 7.12. The van der Waals surface area contributed by atoms with Crippen LogP contribution in [0.3, 0.4) is 0 Å². The highest BCUT2D eigenvalue weighted by atomic mass is 19.4. The number of hydrogen-bond donors (Lipinski definition) is 1. The maximum absolute atomic E-state index is 12.3. The number of benzene rings is 1. The molecule has 1 unspecified atom stereocenters. The second-order valence-electron chi connectivity index (χ2n) is 5.64. The van der Waals surface area contributed by atoms with Crippen LogP contribution in [0, 0.1) is 5.92 Å². The Morgan fingerprint density at radius 1 is 1.10 bits per heavy atom. The van der Waals surface area contributed by atoms with E-state index in [2.05, 4.69) is 10.1 Å². The second-order valence-corrected chi connectivity index (χ2v) is 5.64. The molecule has 1 fully saturated rings. The third-order valence-corrected chi connectivity index (χ3v) is 4.43. The lowest BCUT2D eigenvalue weighted by atomic mass is 9.81. The summed E-state index contributed by atoms with van der Waals surface area (Å²) in [4.78, 5) is 0. The Morgan fingerprint density at radius 2 is 1.85 bits per heavy atom. The Labute approximate surface area is 116 Å². The number of rotatable bonds is 2. The monoisotopic (exact) mass is 285 g/mol. The predicted octanol–water partition coefficient (Wildman–Crippen LogP) is 3.61. The minimum absolute atomic E-state index is 0.0860. The standard InChI is InChI=1S/C15H18F3NO/c16-15(17,18)20-12-3-1-10-2-4-13(14(10)9-12)11-5-7-19-8-6-11/h1,3,9,11,13,19H,2,4-8H2. The Kier molecular flexibility index (Phi) is 3.63. The summed E-state index contributed by atoms with van der Waals surface area (Å²) in [6.07, 6.45) is -0.383. The van der Waals surface area contributed by atoms with Crippen molar-refractivity contribution in [3.63, 3.8) is 0 Å². The van der Waals surface area contributed by atoms with Gasteiger partial charge in [0.2, 0.25) is 0 Å². The molecular formula is C15H18F3NO. The molecule has 1 aromatic carbocycles. The molecule has 1 saturated heterocycles. The first-order valence-electron chi connectivity index (χ1n) is 7.12. The highest BCUT2D eigenvalue weighted by molar-refractivity contribution is 5.41. The van der Waals surface area contributed by atoms with Crippen LogP contribution in [-0.4, -0.2) is 19.5 Å². The third kappa shape index (κ3) is 2.92. The molecule has 110 valence electrons. The summed E-state index contributed by atoms with van der Waals surface area (Å²) in [5.41, 5.74) is 2.25. The summed E-state index contributed by atoms with van der Waals surface area (Å²) in [5.74, 6) is 0.889. The van der Waals surface area contributed by atoms with E-state index in [9.17, 15) is 13.2 Å². The summed E-state index contributed by atoms with van der Waals surface area (Å²) in [6, 6.07) is 4.82. The SMILES string of the molecule is FC(F)(F)Oc1ccc2c(c1)C(C1CCNCC1)CC2. The molecule has 0 radical (unpaired) electrons. The molecule has 3 rings (SSSR count). The molecule has 2 aliphatic rings. The smallest absolute Gasteiger partial charge is 0.406 e. The molecule has 0 aromatic heterocycles. The fourth-order valence-electron chi connectivity index (χ4n) is 3.55. The van der Waals surface area contributed by atoms with E-state index in [1.807, 2.05) is 0 Å². The van der Waals surface area contributed by atoms with Gasteiger partial charge in [-0.3, -0.25) is 0 Å². The molecule has 1 heterocycles. The Morgan fingerprint density at radius 3 is 2.55 bits per heavy atom. The highest BCUT2D eigenvalue weighted by Crippen LogP contribution is 2.43. The molecule has 1 aliphatic heterocycles. The maximum atomic E-state index is 12.3. The first-order chi connectivity index (χ1) is 9.53. The molecule has 1 aromatic rings. The van der Waals surface area contributed by atoms with Crippen LogP contribution in [0.1, 0.15) is 36.3 Å². The summed E-state index contributed by atoms with van der Waals surface area (Å²) in [5, 5.41) is 3.33. The van der Waals surface area contributed by atoms with Crippen molar-refractivity contribution in [2.24, 2.45) is 5.92 Å². The number of halogens is 3. The van der Waals surface area contributed by atoms with Gasteiger partial charge in [-0.2, -0.15) is 0 Å². The van der Waals surface area contributed by atoms with Gasteiger partial charge in [-0.15, -0.1) is 13.2 Å². The number of nitrogens with one attached hydrogen (secondary N) is 1. The van der Waals surface area contributed by atoms with Crippen LogP contribution in [0.25, 0.3) is 0 Å². The van der Waals surface area contributed by atoms with Gasteiger partial charge < -0.3 is 10.1 Å². The zero-order valence-corrected chi connectivity index (χ0v) is 11.2. The Bertz CT molecular complexity index is 480. The minimum Gasteiger partial charge on any atom is -0.406 e.